The molecule has 10 heavy (non-hydrogen) atoms. The molecule has 0 heterocycles. The van der Waals surface area contributed by atoms with Crippen LogP contribution in [0.2, 0.25) is 0 Å². The highest BCUT2D eigenvalue weighted by molar-refractivity contribution is 7.53. The Labute approximate surface area is 59.0 Å². The van der Waals surface area contributed by atoms with Crippen LogP contribution in [-0.2, 0) is 4.57 Å². The predicted octanol–water partition coefficient (Wildman–Crippen LogP) is -0.779. The summed E-state index contributed by atoms with van der Waals surface area (Å²) >= 11 is 0. The Morgan fingerprint density at radius 3 is 2.10 bits per heavy atom. The number of rotatable bonds is 3. The van der Waals surface area contributed by atoms with Crippen LogP contribution in [0, 0.1) is 0 Å². The van der Waals surface area contributed by atoms with Gasteiger partial charge in [-0.05, 0) is 19.9 Å². The number of hydrogen-bond donors (Lipinski definition) is 4. The maximum atomic E-state index is 10.4. The lowest BCUT2D eigenvalue weighted by atomic mass is 10.3. The summed E-state index contributed by atoms with van der Waals surface area (Å²) in [6.07, 6.45) is -0.0999. The molecule has 0 bridgehead atoms. The van der Waals surface area contributed by atoms with Crippen LogP contribution < -0.4 is 5.73 Å². The first-order valence-electron chi connectivity index (χ1n) is 2.79. The largest absolute Gasteiger partial charge is 0.377 e. The molecule has 0 rings (SSSR count). The lowest BCUT2D eigenvalue weighted by Crippen LogP contribution is -2.27. The molecule has 0 saturated heterocycles. The normalized spacial score (nSPS) is 18.5. The maximum absolute atomic E-state index is 10.4. The van der Waals surface area contributed by atoms with Gasteiger partial charge in [0.25, 0.3) is 0 Å². The average Bonchev–Trinajstić information content (AvgIpc) is 1.61. The van der Waals surface area contributed by atoms with Gasteiger partial charge in [0.1, 0.15) is 0 Å². The number of aliphatic hydroxyl groups is 1. The monoisotopic (exact) mass is 169 g/mol. The second-order valence-corrected chi connectivity index (χ2v) is 4.35. The summed E-state index contributed by atoms with van der Waals surface area (Å²) in [7, 11) is -4.41. The van der Waals surface area contributed by atoms with Crippen molar-refractivity contribution in [3.8, 4) is 0 Å². The summed E-state index contributed by atoms with van der Waals surface area (Å²) in [6.45, 7) is 1.12. The molecule has 0 amide bonds. The summed E-state index contributed by atoms with van der Waals surface area (Å²) in [5, 5.41) is 7.04. The van der Waals surface area contributed by atoms with E-state index in [1.165, 1.54) is 0 Å². The number of nitrogens with two attached hydrogens (primary N) is 1. The lowest BCUT2D eigenvalue weighted by molar-refractivity contribution is 0.102. The molecule has 0 aromatic carbocycles. The molecule has 62 valence electrons. The third-order valence-corrected chi connectivity index (χ3v) is 2.72. The molecule has 1 atom stereocenters. The standard InChI is InChI=1S/C4H12NO4P/c1-4(6,2-3-5)10(7,8)9/h6H,2-3,5H2,1H3,(H2,7,8,9). The van der Waals surface area contributed by atoms with Crippen LogP contribution >= 0.6 is 7.60 Å². The van der Waals surface area contributed by atoms with E-state index in [9.17, 15) is 4.57 Å². The van der Waals surface area contributed by atoms with E-state index in [0.29, 0.717) is 0 Å². The highest BCUT2D eigenvalue weighted by Gasteiger charge is 2.39. The molecule has 0 radical (unpaired) electrons. The maximum Gasteiger partial charge on any atom is 0.356 e. The Balaban J connectivity index is 4.25. The van der Waals surface area contributed by atoms with Gasteiger partial charge in [0.05, 0.1) is 0 Å². The van der Waals surface area contributed by atoms with Crippen molar-refractivity contribution in [1.29, 1.82) is 0 Å². The minimum atomic E-state index is -4.41. The first-order valence-corrected chi connectivity index (χ1v) is 4.40. The van der Waals surface area contributed by atoms with E-state index in [0.717, 1.165) is 6.92 Å². The quantitative estimate of drug-likeness (QED) is 0.415. The Hall–Kier alpha value is 0.0700. The smallest absolute Gasteiger partial charge is 0.356 e. The van der Waals surface area contributed by atoms with Gasteiger partial charge in [-0.25, -0.2) is 0 Å². The van der Waals surface area contributed by atoms with Crippen molar-refractivity contribution in [3.05, 3.63) is 0 Å². The van der Waals surface area contributed by atoms with Crippen molar-refractivity contribution >= 4 is 7.60 Å². The van der Waals surface area contributed by atoms with Crippen LogP contribution in [0.1, 0.15) is 13.3 Å². The van der Waals surface area contributed by atoms with Crippen molar-refractivity contribution in [3.63, 3.8) is 0 Å². The van der Waals surface area contributed by atoms with Crippen molar-refractivity contribution in [2.24, 2.45) is 5.73 Å². The number of hydrogen-bond acceptors (Lipinski definition) is 3. The van der Waals surface area contributed by atoms with E-state index >= 15 is 0 Å². The van der Waals surface area contributed by atoms with Gasteiger partial charge in [-0.15, -0.1) is 0 Å². The third kappa shape index (κ3) is 2.36. The molecule has 0 aliphatic rings. The molecule has 1 unspecified atom stereocenters. The van der Waals surface area contributed by atoms with Gasteiger partial charge in [-0.3, -0.25) is 4.57 Å². The van der Waals surface area contributed by atoms with Crippen molar-refractivity contribution in [1.82, 2.24) is 0 Å². The topological polar surface area (TPSA) is 104 Å². The molecule has 5 N–H and O–H groups in total. The van der Waals surface area contributed by atoms with Crippen molar-refractivity contribution in [2.75, 3.05) is 6.54 Å². The molecule has 6 heteroatoms. The molecular formula is C4H12NO4P. The second kappa shape index (κ2) is 2.98. The fraction of sp³-hybridized carbons (Fsp3) is 1.00. The highest BCUT2D eigenvalue weighted by Crippen LogP contribution is 2.49. The van der Waals surface area contributed by atoms with Gasteiger partial charge in [-0.2, -0.15) is 0 Å². The van der Waals surface area contributed by atoms with Crippen molar-refractivity contribution in [2.45, 2.75) is 18.7 Å². The van der Waals surface area contributed by atoms with Gasteiger partial charge in [-0.1, -0.05) is 0 Å². The zero-order valence-corrected chi connectivity index (χ0v) is 6.58. The van der Waals surface area contributed by atoms with E-state index < -0.39 is 12.9 Å². The minimum Gasteiger partial charge on any atom is -0.377 e. The lowest BCUT2D eigenvalue weighted by Gasteiger charge is -2.22. The van der Waals surface area contributed by atoms with Crippen LogP contribution in [0.3, 0.4) is 0 Å². The van der Waals surface area contributed by atoms with Crippen LogP contribution in [0.5, 0.6) is 0 Å². The molecule has 0 saturated carbocycles. The first-order chi connectivity index (χ1) is 4.31. The summed E-state index contributed by atoms with van der Waals surface area (Å²) < 4.78 is 10.4. The molecule has 0 aromatic rings. The van der Waals surface area contributed by atoms with E-state index in [1.54, 1.807) is 0 Å². The molecule has 0 fully saturated rings. The van der Waals surface area contributed by atoms with Gasteiger partial charge in [0.15, 0.2) is 5.34 Å². The van der Waals surface area contributed by atoms with Gasteiger partial charge in [0.2, 0.25) is 0 Å². The minimum absolute atomic E-state index is 0.0537. The third-order valence-electron chi connectivity index (χ3n) is 1.25. The van der Waals surface area contributed by atoms with Crippen LogP contribution in [0.25, 0.3) is 0 Å². The summed E-state index contributed by atoms with van der Waals surface area (Å²) in [6, 6.07) is 0. The van der Waals surface area contributed by atoms with Gasteiger partial charge < -0.3 is 20.6 Å². The summed E-state index contributed by atoms with van der Waals surface area (Å²) in [5.74, 6) is 0. The van der Waals surface area contributed by atoms with Gasteiger partial charge >= 0.3 is 7.60 Å². The predicted molar refractivity (Wildman–Crippen MR) is 36.3 cm³/mol. The zero-order chi connectivity index (χ0) is 8.41. The van der Waals surface area contributed by atoms with E-state index in [1.807, 2.05) is 0 Å². The van der Waals surface area contributed by atoms with E-state index in [-0.39, 0.29) is 13.0 Å². The summed E-state index contributed by atoms with van der Waals surface area (Å²) in [4.78, 5) is 17.0. The highest BCUT2D eigenvalue weighted by atomic mass is 31.2. The zero-order valence-electron chi connectivity index (χ0n) is 5.69. The summed E-state index contributed by atoms with van der Waals surface area (Å²) in [5.41, 5.74) is 5.01. The molecule has 0 aliphatic carbocycles. The van der Waals surface area contributed by atoms with Crippen LogP contribution in [0.15, 0.2) is 0 Å². The van der Waals surface area contributed by atoms with Crippen LogP contribution in [0.4, 0.5) is 0 Å². The van der Waals surface area contributed by atoms with Crippen LogP contribution in [-0.4, -0.2) is 26.8 Å². The Kier molecular flexibility index (Phi) is 3.00. The van der Waals surface area contributed by atoms with Crippen molar-refractivity contribution < 1.29 is 19.5 Å². The van der Waals surface area contributed by atoms with Gasteiger partial charge in [0, 0.05) is 0 Å². The molecule has 0 spiro atoms. The Bertz CT molecular complexity index is 151. The molecular weight excluding hydrogens is 157 g/mol. The average molecular weight is 169 g/mol. The van der Waals surface area contributed by atoms with E-state index in [2.05, 4.69) is 0 Å². The second-order valence-electron chi connectivity index (χ2n) is 2.30. The molecule has 0 aliphatic heterocycles. The molecule has 5 nitrogen and oxygen atoms in total. The SMILES string of the molecule is CC(O)(CCN)P(=O)(O)O. The molecule has 0 aromatic heterocycles. The fourth-order valence-corrected chi connectivity index (χ4v) is 0.839. The Morgan fingerprint density at radius 1 is 1.60 bits per heavy atom. The first kappa shape index (κ1) is 10.1. The fourth-order valence-electron chi connectivity index (χ4n) is 0.419. The van der Waals surface area contributed by atoms with E-state index in [4.69, 9.17) is 20.6 Å². The Morgan fingerprint density at radius 2 is 2.00 bits per heavy atom.